The summed E-state index contributed by atoms with van der Waals surface area (Å²) >= 11 is 0. The second-order valence-electron chi connectivity index (χ2n) is 7.50. The Kier molecular flexibility index (Phi) is 6.10. The normalized spacial score (nSPS) is 18.0. The first kappa shape index (κ1) is 17.9. The van der Waals surface area contributed by atoms with E-state index in [4.69, 9.17) is 9.15 Å². The maximum Gasteiger partial charge on any atom is 0.410 e. The molecule has 1 aromatic rings. The number of piperidine rings is 1. The van der Waals surface area contributed by atoms with E-state index in [2.05, 4.69) is 12.2 Å². The van der Waals surface area contributed by atoms with Crippen LogP contribution < -0.4 is 5.32 Å². The molecular formula is C18H30N2O3. The van der Waals surface area contributed by atoms with Crippen LogP contribution in [0.3, 0.4) is 0 Å². The molecule has 2 rings (SSSR count). The van der Waals surface area contributed by atoms with Crippen LogP contribution in [0.1, 0.15) is 46.3 Å². The predicted octanol–water partition coefficient (Wildman–Crippen LogP) is 3.45. The van der Waals surface area contributed by atoms with Gasteiger partial charge in [-0.1, -0.05) is 0 Å². The molecule has 5 nitrogen and oxygen atoms in total. The number of hydrogen-bond donors (Lipinski definition) is 1. The number of nitrogens with one attached hydrogen (secondary N) is 1. The Hall–Kier alpha value is -1.49. The van der Waals surface area contributed by atoms with Crippen molar-refractivity contribution < 1.29 is 13.9 Å². The molecule has 0 bridgehead atoms. The first-order valence-electron chi connectivity index (χ1n) is 8.57. The number of carbonyl (C=O) groups excluding carboxylic acids is 1. The number of furan rings is 1. The van der Waals surface area contributed by atoms with Crippen LogP contribution in [0.25, 0.3) is 0 Å². The largest absolute Gasteiger partial charge is 0.469 e. The van der Waals surface area contributed by atoms with E-state index in [1.165, 1.54) is 0 Å². The molecule has 1 fully saturated rings. The maximum absolute atomic E-state index is 12.0. The fourth-order valence-corrected chi connectivity index (χ4v) is 2.82. The molecule has 1 aliphatic heterocycles. The van der Waals surface area contributed by atoms with Crippen LogP contribution in [-0.2, 0) is 11.2 Å². The van der Waals surface area contributed by atoms with E-state index in [9.17, 15) is 4.79 Å². The van der Waals surface area contributed by atoms with Crippen LogP contribution in [0.15, 0.2) is 22.8 Å². The molecule has 1 N–H and O–H groups in total. The number of nitrogens with zero attached hydrogens (tertiary/aromatic N) is 1. The van der Waals surface area contributed by atoms with Gasteiger partial charge in [0.25, 0.3) is 0 Å². The highest BCUT2D eigenvalue weighted by Gasteiger charge is 2.26. The third-order valence-corrected chi connectivity index (χ3v) is 4.11. The van der Waals surface area contributed by atoms with Crippen LogP contribution in [0.2, 0.25) is 0 Å². The Morgan fingerprint density at radius 3 is 2.70 bits per heavy atom. The zero-order chi connectivity index (χ0) is 16.9. The fraction of sp³-hybridized carbons (Fsp3) is 0.722. The molecule has 1 saturated heterocycles. The summed E-state index contributed by atoms with van der Waals surface area (Å²) in [6, 6.07) is 4.33. The van der Waals surface area contributed by atoms with Gasteiger partial charge in [0.05, 0.1) is 6.26 Å². The molecule has 1 aromatic heterocycles. The fourth-order valence-electron chi connectivity index (χ4n) is 2.82. The van der Waals surface area contributed by atoms with Gasteiger partial charge in [-0.05, 0) is 65.1 Å². The summed E-state index contributed by atoms with van der Waals surface area (Å²) in [5.41, 5.74) is -0.420. The van der Waals surface area contributed by atoms with Gasteiger partial charge in [0, 0.05) is 25.6 Å². The molecule has 0 radical (unpaired) electrons. The van der Waals surface area contributed by atoms with E-state index in [1.54, 1.807) is 6.26 Å². The molecule has 1 aliphatic rings. The average Bonchev–Trinajstić information content (AvgIpc) is 2.97. The van der Waals surface area contributed by atoms with Crippen molar-refractivity contribution in [3.8, 4) is 0 Å². The van der Waals surface area contributed by atoms with Crippen molar-refractivity contribution >= 4 is 6.09 Å². The lowest BCUT2D eigenvalue weighted by Crippen LogP contribution is -2.44. The van der Waals surface area contributed by atoms with E-state index in [-0.39, 0.29) is 6.09 Å². The SMILES string of the molecule is CC(Cc1ccco1)NCC1CCN(C(=O)OC(C)(C)C)CC1. The molecule has 0 aliphatic carbocycles. The number of hydrogen-bond acceptors (Lipinski definition) is 4. The zero-order valence-corrected chi connectivity index (χ0v) is 14.8. The molecule has 5 heteroatoms. The molecule has 0 spiro atoms. The minimum atomic E-state index is -0.420. The lowest BCUT2D eigenvalue weighted by Gasteiger charge is -2.34. The summed E-state index contributed by atoms with van der Waals surface area (Å²) in [5, 5.41) is 3.58. The number of carbonyl (C=O) groups is 1. The molecular weight excluding hydrogens is 292 g/mol. The quantitative estimate of drug-likeness (QED) is 0.902. The van der Waals surface area contributed by atoms with Gasteiger partial charge < -0.3 is 19.4 Å². The number of rotatable bonds is 5. The number of amides is 1. The molecule has 2 heterocycles. The molecule has 0 aromatic carbocycles. The van der Waals surface area contributed by atoms with Crippen molar-refractivity contribution in [3.05, 3.63) is 24.2 Å². The van der Waals surface area contributed by atoms with Crippen molar-refractivity contribution in [3.63, 3.8) is 0 Å². The van der Waals surface area contributed by atoms with E-state index < -0.39 is 5.60 Å². The van der Waals surface area contributed by atoms with Gasteiger partial charge in [-0.3, -0.25) is 0 Å². The second kappa shape index (κ2) is 7.86. The Morgan fingerprint density at radius 1 is 1.43 bits per heavy atom. The van der Waals surface area contributed by atoms with Crippen molar-refractivity contribution in [1.82, 2.24) is 10.2 Å². The molecule has 130 valence electrons. The first-order chi connectivity index (χ1) is 10.8. The highest BCUT2D eigenvalue weighted by atomic mass is 16.6. The van der Waals surface area contributed by atoms with E-state index in [1.807, 2.05) is 37.8 Å². The maximum atomic E-state index is 12.0. The number of likely N-dealkylation sites (tertiary alicyclic amines) is 1. The van der Waals surface area contributed by atoms with Gasteiger partial charge in [0.2, 0.25) is 0 Å². The highest BCUT2D eigenvalue weighted by molar-refractivity contribution is 5.68. The van der Waals surface area contributed by atoms with Gasteiger partial charge in [-0.25, -0.2) is 4.79 Å². The van der Waals surface area contributed by atoms with Crippen LogP contribution in [0.5, 0.6) is 0 Å². The van der Waals surface area contributed by atoms with Crippen molar-refractivity contribution in [2.24, 2.45) is 5.92 Å². The van der Waals surface area contributed by atoms with E-state index >= 15 is 0 Å². The summed E-state index contributed by atoms with van der Waals surface area (Å²) in [6.07, 6.45) is 4.49. The first-order valence-corrected chi connectivity index (χ1v) is 8.57. The second-order valence-corrected chi connectivity index (χ2v) is 7.50. The summed E-state index contributed by atoms with van der Waals surface area (Å²) in [5.74, 6) is 1.64. The van der Waals surface area contributed by atoms with E-state index in [0.29, 0.717) is 12.0 Å². The smallest absolute Gasteiger partial charge is 0.410 e. The van der Waals surface area contributed by atoms with Crippen molar-refractivity contribution in [2.75, 3.05) is 19.6 Å². The van der Waals surface area contributed by atoms with Gasteiger partial charge >= 0.3 is 6.09 Å². The average molecular weight is 322 g/mol. The van der Waals surface area contributed by atoms with Gasteiger partial charge in [-0.2, -0.15) is 0 Å². The standard InChI is InChI=1S/C18H30N2O3/c1-14(12-16-6-5-11-22-16)19-13-15-7-9-20(10-8-15)17(21)23-18(2,3)4/h5-6,11,14-15,19H,7-10,12-13H2,1-4H3. The third-order valence-electron chi connectivity index (χ3n) is 4.11. The molecule has 0 saturated carbocycles. The number of ether oxygens (including phenoxy) is 1. The van der Waals surface area contributed by atoms with Crippen LogP contribution in [-0.4, -0.2) is 42.3 Å². The topological polar surface area (TPSA) is 54.7 Å². The lowest BCUT2D eigenvalue weighted by atomic mass is 9.96. The minimum Gasteiger partial charge on any atom is -0.469 e. The molecule has 1 amide bonds. The summed E-state index contributed by atoms with van der Waals surface area (Å²) in [6.45, 7) is 10.5. The summed E-state index contributed by atoms with van der Waals surface area (Å²) in [4.78, 5) is 13.9. The van der Waals surface area contributed by atoms with E-state index in [0.717, 1.165) is 44.7 Å². The van der Waals surface area contributed by atoms with Gasteiger partial charge in [-0.15, -0.1) is 0 Å². The zero-order valence-electron chi connectivity index (χ0n) is 14.8. The highest BCUT2D eigenvalue weighted by Crippen LogP contribution is 2.19. The minimum absolute atomic E-state index is 0.185. The summed E-state index contributed by atoms with van der Waals surface area (Å²) in [7, 11) is 0. The van der Waals surface area contributed by atoms with Crippen LogP contribution in [0.4, 0.5) is 4.79 Å². The monoisotopic (exact) mass is 322 g/mol. The third kappa shape index (κ3) is 6.26. The Labute approximate surface area is 139 Å². The van der Waals surface area contributed by atoms with Crippen molar-refractivity contribution in [2.45, 2.75) is 58.6 Å². The van der Waals surface area contributed by atoms with Crippen LogP contribution in [0, 0.1) is 5.92 Å². The Bertz CT molecular complexity index is 471. The molecule has 1 atom stereocenters. The van der Waals surface area contributed by atoms with Crippen molar-refractivity contribution in [1.29, 1.82) is 0 Å². The lowest BCUT2D eigenvalue weighted by molar-refractivity contribution is 0.0183. The van der Waals surface area contributed by atoms with Crippen LogP contribution >= 0.6 is 0 Å². The summed E-state index contributed by atoms with van der Waals surface area (Å²) < 4.78 is 10.8. The molecule has 23 heavy (non-hydrogen) atoms. The Balaban J connectivity index is 1.65. The Morgan fingerprint density at radius 2 is 2.13 bits per heavy atom. The van der Waals surface area contributed by atoms with Gasteiger partial charge in [0.15, 0.2) is 0 Å². The van der Waals surface area contributed by atoms with Gasteiger partial charge in [0.1, 0.15) is 11.4 Å². The molecule has 1 unspecified atom stereocenters. The predicted molar refractivity (Wildman–Crippen MR) is 90.4 cm³/mol.